The van der Waals surface area contributed by atoms with Crippen molar-refractivity contribution < 1.29 is 9.59 Å². The lowest BCUT2D eigenvalue weighted by atomic mass is 10.0. The molecule has 2 amide bonds. The lowest BCUT2D eigenvalue weighted by molar-refractivity contribution is -0.132. The number of hydrogen-bond acceptors (Lipinski definition) is 3. The topological polar surface area (TPSA) is 52.7 Å². The molecule has 5 nitrogen and oxygen atoms in total. The predicted octanol–water partition coefficient (Wildman–Crippen LogP) is 4.55. The lowest BCUT2D eigenvalue weighted by Crippen LogP contribution is -2.49. The van der Waals surface area contributed by atoms with E-state index in [-0.39, 0.29) is 18.2 Å². The molecule has 3 aromatic carbocycles. The Labute approximate surface area is 193 Å². The molecule has 1 heterocycles. The van der Waals surface area contributed by atoms with Gasteiger partial charge in [0, 0.05) is 31.7 Å². The van der Waals surface area contributed by atoms with Crippen LogP contribution in [0, 0.1) is 0 Å². The third-order valence-electron chi connectivity index (χ3n) is 5.75. The van der Waals surface area contributed by atoms with Crippen molar-refractivity contribution in [2.24, 2.45) is 0 Å². The van der Waals surface area contributed by atoms with Crippen LogP contribution >= 0.6 is 11.6 Å². The largest absolute Gasteiger partial charge is 0.367 e. The first kappa shape index (κ1) is 21.9. The van der Waals surface area contributed by atoms with Gasteiger partial charge in [0.1, 0.15) is 0 Å². The minimum Gasteiger partial charge on any atom is -0.367 e. The molecular formula is C26H26ClN3O2. The van der Waals surface area contributed by atoms with Crippen molar-refractivity contribution in [3.05, 3.63) is 101 Å². The second-order valence-corrected chi connectivity index (χ2v) is 8.23. The number of rotatable bonds is 6. The molecule has 164 valence electrons. The van der Waals surface area contributed by atoms with Crippen LogP contribution in [0.1, 0.15) is 28.4 Å². The molecule has 0 bridgehead atoms. The van der Waals surface area contributed by atoms with Gasteiger partial charge in [-0.15, -0.1) is 0 Å². The number of carbonyl (C=O) groups excluding carboxylic acids is 2. The van der Waals surface area contributed by atoms with Crippen molar-refractivity contribution in [1.29, 1.82) is 0 Å². The van der Waals surface area contributed by atoms with Crippen LogP contribution in [-0.2, 0) is 4.79 Å². The van der Waals surface area contributed by atoms with Crippen LogP contribution in [0.3, 0.4) is 0 Å². The standard InChI is InChI=1S/C26H26ClN3O2/c27-22-13-7-8-14-24(22)29-15-17-30(18-16-29)25(31)19-23(20-9-3-1-4-10-20)28-26(32)21-11-5-2-6-12-21/h1-14,23H,15-19H2,(H,28,32). The molecule has 1 saturated heterocycles. The zero-order chi connectivity index (χ0) is 22.3. The molecule has 1 aliphatic rings. The van der Waals surface area contributed by atoms with E-state index in [2.05, 4.69) is 10.2 Å². The molecule has 1 atom stereocenters. The van der Waals surface area contributed by atoms with Crippen LogP contribution < -0.4 is 10.2 Å². The number of benzene rings is 3. The summed E-state index contributed by atoms with van der Waals surface area (Å²) >= 11 is 6.33. The summed E-state index contributed by atoms with van der Waals surface area (Å²) in [5, 5.41) is 3.77. The van der Waals surface area contributed by atoms with E-state index in [0.717, 1.165) is 29.4 Å². The first-order valence-corrected chi connectivity index (χ1v) is 11.2. The highest BCUT2D eigenvalue weighted by atomic mass is 35.5. The SMILES string of the molecule is O=C(NC(CC(=O)N1CCN(c2ccccc2Cl)CC1)c1ccccc1)c1ccccc1. The van der Waals surface area contributed by atoms with Crippen LogP contribution in [0.4, 0.5) is 5.69 Å². The summed E-state index contributed by atoms with van der Waals surface area (Å²) in [5.41, 5.74) is 2.49. The molecule has 0 radical (unpaired) electrons. The Morgan fingerprint density at radius 3 is 2.06 bits per heavy atom. The van der Waals surface area contributed by atoms with E-state index in [1.165, 1.54) is 0 Å². The molecular weight excluding hydrogens is 422 g/mol. The third-order valence-corrected chi connectivity index (χ3v) is 6.07. The first-order valence-electron chi connectivity index (χ1n) is 10.8. The molecule has 0 aromatic heterocycles. The van der Waals surface area contributed by atoms with Gasteiger partial charge in [0.15, 0.2) is 0 Å². The van der Waals surface area contributed by atoms with Gasteiger partial charge in [-0.25, -0.2) is 0 Å². The second kappa shape index (κ2) is 10.3. The Kier molecular flexibility index (Phi) is 7.07. The Hall–Kier alpha value is -3.31. The normalized spacial score (nSPS) is 14.7. The molecule has 0 aliphatic carbocycles. The lowest BCUT2D eigenvalue weighted by Gasteiger charge is -2.37. The minimum atomic E-state index is -0.391. The van der Waals surface area contributed by atoms with Crippen LogP contribution in [0.2, 0.25) is 5.02 Å². The quantitative estimate of drug-likeness (QED) is 0.603. The van der Waals surface area contributed by atoms with Gasteiger partial charge in [-0.3, -0.25) is 9.59 Å². The maximum absolute atomic E-state index is 13.1. The van der Waals surface area contributed by atoms with Crippen LogP contribution in [0.15, 0.2) is 84.9 Å². The van der Waals surface area contributed by atoms with Gasteiger partial charge in [0.05, 0.1) is 23.2 Å². The maximum atomic E-state index is 13.1. The zero-order valence-corrected chi connectivity index (χ0v) is 18.5. The number of nitrogens with zero attached hydrogens (tertiary/aromatic N) is 2. The van der Waals surface area contributed by atoms with Gasteiger partial charge >= 0.3 is 0 Å². The first-order chi connectivity index (χ1) is 15.6. The van der Waals surface area contributed by atoms with Gasteiger partial charge in [-0.1, -0.05) is 72.3 Å². The van der Waals surface area contributed by atoms with Gasteiger partial charge in [-0.2, -0.15) is 0 Å². The van der Waals surface area contributed by atoms with Gasteiger partial charge in [-0.05, 0) is 29.8 Å². The van der Waals surface area contributed by atoms with E-state index in [1.807, 2.05) is 77.7 Å². The molecule has 1 N–H and O–H groups in total. The number of piperazine rings is 1. The summed E-state index contributed by atoms with van der Waals surface area (Å²) in [7, 11) is 0. The molecule has 32 heavy (non-hydrogen) atoms. The highest BCUT2D eigenvalue weighted by Crippen LogP contribution is 2.26. The van der Waals surface area contributed by atoms with Gasteiger partial charge in [0.25, 0.3) is 5.91 Å². The molecule has 0 saturated carbocycles. The predicted molar refractivity (Wildman–Crippen MR) is 128 cm³/mol. The van der Waals surface area contributed by atoms with E-state index in [0.29, 0.717) is 18.7 Å². The highest BCUT2D eigenvalue weighted by molar-refractivity contribution is 6.33. The van der Waals surface area contributed by atoms with Crippen molar-refractivity contribution in [2.45, 2.75) is 12.5 Å². The highest BCUT2D eigenvalue weighted by Gasteiger charge is 2.26. The number of nitrogens with one attached hydrogen (secondary N) is 1. The van der Waals surface area contributed by atoms with E-state index >= 15 is 0 Å². The van der Waals surface area contributed by atoms with Gasteiger partial charge in [0.2, 0.25) is 5.91 Å². The van der Waals surface area contributed by atoms with Crippen molar-refractivity contribution in [2.75, 3.05) is 31.1 Å². The smallest absolute Gasteiger partial charge is 0.251 e. The van der Waals surface area contributed by atoms with Crippen LogP contribution in [0.5, 0.6) is 0 Å². The number of hydrogen-bond donors (Lipinski definition) is 1. The fourth-order valence-electron chi connectivity index (χ4n) is 3.98. The number of anilines is 1. The summed E-state index contributed by atoms with van der Waals surface area (Å²) in [4.78, 5) is 30.0. The molecule has 1 aliphatic heterocycles. The van der Waals surface area contributed by atoms with Gasteiger partial charge < -0.3 is 15.1 Å². The number of para-hydroxylation sites is 1. The Balaban J connectivity index is 1.41. The number of carbonyl (C=O) groups is 2. The zero-order valence-electron chi connectivity index (χ0n) is 17.8. The molecule has 1 fully saturated rings. The maximum Gasteiger partial charge on any atom is 0.251 e. The average Bonchev–Trinajstić information content (AvgIpc) is 2.85. The summed E-state index contributed by atoms with van der Waals surface area (Å²) in [6, 6.07) is 26.1. The van der Waals surface area contributed by atoms with E-state index < -0.39 is 6.04 Å². The molecule has 6 heteroatoms. The number of halogens is 1. The summed E-state index contributed by atoms with van der Waals surface area (Å²) in [6.45, 7) is 2.69. The fraction of sp³-hybridized carbons (Fsp3) is 0.231. The molecule has 0 spiro atoms. The fourth-order valence-corrected chi connectivity index (χ4v) is 4.23. The van der Waals surface area contributed by atoms with Crippen LogP contribution in [0.25, 0.3) is 0 Å². The Bertz CT molecular complexity index is 1050. The summed E-state index contributed by atoms with van der Waals surface area (Å²) in [5.74, 6) is -0.151. The Morgan fingerprint density at radius 2 is 1.41 bits per heavy atom. The van der Waals surface area contributed by atoms with Crippen molar-refractivity contribution in [3.8, 4) is 0 Å². The third kappa shape index (κ3) is 5.29. The number of amides is 2. The summed E-state index contributed by atoms with van der Waals surface area (Å²) in [6.07, 6.45) is 0.217. The minimum absolute atomic E-state index is 0.0334. The van der Waals surface area contributed by atoms with Crippen molar-refractivity contribution in [3.63, 3.8) is 0 Å². The van der Waals surface area contributed by atoms with E-state index in [4.69, 9.17) is 11.6 Å². The van der Waals surface area contributed by atoms with E-state index in [9.17, 15) is 9.59 Å². The molecule has 1 unspecified atom stereocenters. The van der Waals surface area contributed by atoms with Crippen molar-refractivity contribution in [1.82, 2.24) is 10.2 Å². The summed E-state index contributed by atoms with van der Waals surface area (Å²) < 4.78 is 0. The second-order valence-electron chi connectivity index (χ2n) is 7.83. The monoisotopic (exact) mass is 447 g/mol. The molecule has 3 aromatic rings. The average molecular weight is 448 g/mol. The van der Waals surface area contributed by atoms with Crippen molar-refractivity contribution >= 4 is 29.1 Å². The van der Waals surface area contributed by atoms with Crippen LogP contribution in [-0.4, -0.2) is 42.9 Å². The molecule has 4 rings (SSSR count). The Morgan fingerprint density at radius 1 is 0.812 bits per heavy atom. The van der Waals surface area contributed by atoms with E-state index in [1.54, 1.807) is 12.1 Å².